The fraction of sp³-hybridized carbons (Fsp3) is 0.500. The second-order valence-corrected chi connectivity index (χ2v) is 6.86. The third-order valence-electron chi connectivity index (χ3n) is 5.05. The fourth-order valence-corrected chi connectivity index (χ4v) is 4.07. The highest BCUT2D eigenvalue weighted by Crippen LogP contribution is 2.37. The molecule has 122 valence electrons. The highest BCUT2D eigenvalue weighted by molar-refractivity contribution is 6.31. The van der Waals surface area contributed by atoms with Crippen molar-refractivity contribution in [3.8, 4) is 0 Å². The Kier molecular flexibility index (Phi) is 4.14. The molecule has 0 N–H and O–H groups in total. The summed E-state index contributed by atoms with van der Waals surface area (Å²) >= 11 is 6.35. The van der Waals surface area contributed by atoms with Crippen LogP contribution in [0.25, 0.3) is 0 Å². The van der Waals surface area contributed by atoms with Crippen LogP contribution in [0.3, 0.4) is 0 Å². The molecule has 23 heavy (non-hydrogen) atoms. The lowest BCUT2D eigenvalue weighted by Gasteiger charge is -2.25. The molecular weight excluding hydrogens is 310 g/mol. The molecule has 4 nitrogen and oxygen atoms in total. The molecule has 2 aliphatic heterocycles. The van der Waals surface area contributed by atoms with Crippen molar-refractivity contribution < 1.29 is 4.74 Å². The van der Waals surface area contributed by atoms with Gasteiger partial charge in [0.05, 0.1) is 24.9 Å². The summed E-state index contributed by atoms with van der Waals surface area (Å²) in [5, 5.41) is 5.70. The molecule has 2 aromatic rings. The Balaban J connectivity index is 1.62. The standard InChI is InChI=1S/C18H22ClN3O/c1-21-16-8-10-23-12-14(16)18(20-21)17-7-4-9-22(17)11-13-5-2-3-6-15(13)19/h2-3,5-6,17H,4,7-12H2,1H3. The van der Waals surface area contributed by atoms with Crippen LogP contribution in [0, 0.1) is 0 Å². The van der Waals surface area contributed by atoms with E-state index in [2.05, 4.69) is 28.8 Å². The van der Waals surface area contributed by atoms with Crippen molar-refractivity contribution in [1.82, 2.24) is 14.7 Å². The van der Waals surface area contributed by atoms with Crippen molar-refractivity contribution in [3.05, 3.63) is 51.8 Å². The number of ether oxygens (including phenoxy) is 1. The number of fused-ring (bicyclic) bond motifs is 1. The first-order valence-electron chi connectivity index (χ1n) is 8.34. The van der Waals surface area contributed by atoms with Gasteiger partial charge in [0.25, 0.3) is 0 Å². The van der Waals surface area contributed by atoms with Crippen molar-refractivity contribution in [1.29, 1.82) is 0 Å². The van der Waals surface area contributed by atoms with Crippen molar-refractivity contribution in [3.63, 3.8) is 0 Å². The van der Waals surface area contributed by atoms with E-state index in [4.69, 9.17) is 21.4 Å². The lowest BCUT2D eigenvalue weighted by atomic mass is 10.0. The summed E-state index contributed by atoms with van der Waals surface area (Å²) in [6.45, 7) is 3.49. The number of halogens is 1. The van der Waals surface area contributed by atoms with Crippen molar-refractivity contribution in [2.75, 3.05) is 13.2 Å². The van der Waals surface area contributed by atoms with Crippen molar-refractivity contribution >= 4 is 11.6 Å². The van der Waals surface area contributed by atoms with Gasteiger partial charge in [-0.25, -0.2) is 0 Å². The summed E-state index contributed by atoms with van der Waals surface area (Å²) in [7, 11) is 2.06. The smallest absolute Gasteiger partial charge is 0.0854 e. The monoisotopic (exact) mass is 331 g/mol. The number of rotatable bonds is 3. The first-order valence-corrected chi connectivity index (χ1v) is 8.71. The van der Waals surface area contributed by atoms with Crippen LogP contribution in [0.5, 0.6) is 0 Å². The molecule has 0 spiro atoms. The number of aromatic nitrogens is 2. The molecule has 0 aliphatic carbocycles. The van der Waals surface area contributed by atoms with E-state index in [1.165, 1.54) is 28.9 Å². The largest absolute Gasteiger partial charge is 0.376 e. The topological polar surface area (TPSA) is 30.3 Å². The van der Waals surface area contributed by atoms with Gasteiger partial charge in [-0.3, -0.25) is 9.58 Å². The summed E-state index contributed by atoms with van der Waals surface area (Å²) < 4.78 is 7.74. The third kappa shape index (κ3) is 2.80. The van der Waals surface area contributed by atoms with Gasteiger partial charge in [-0.1, -0.05) is 29.8 Å². The van der Waals surface area contributed by atoms with Crippen LogP contribution in [0.1, 0.15) is 41.4 Å². The molecular formula is C18H22ClN3O. The maximum atomic E-state index is 6.35. The molecule has 1 unspecified atom stereocenters. The molecule has 4 rings (SSSR count). The second kappa shape index (κ2) is 6.27. The Hall–Kier alpha value is -1.36. The minimum Gasteiger partial charge on any atom is -0.376 e. The lowest BCUT2D eigenvalue weighted by Crippen LogP contribution is -2.24. The maximum Gasteiger partial charge on any atom is 0.0854 e. The Morgan fingerprint density at radius 2 is 2.22 bits per heavy atom. The first kappa shape index (κ1) is 15.2. The Labute approximate surface area is 142 Å². The minimum atomic E-state index is 0.378. The molecule has 1 aromatic heterocycles. The summed E-state index contributed by atoms with van der Waals surface area (Å²) in [4.78, 5) is 2.51. The van der Waals surface area contributed by atoms with Gasteiger partial charge in [0, 0.05) is 36.3 Å². The zero-order valence-corrected chi connectivity index (χ0v) is 14.2. The van der Waals surface area contributed by atoms with E-state index in [0.717, 1.165) is 37.6 Å². The Morgan fingerprint density at radius 1 is 1.35 bits per heavy atom. The fourth-order valence-electron chi connectivity index (χ4n) is 3.88. The summed E-state index contributed by atoms with van der Waals surface area (Å²) in [5.74, 6) is 0. The number of benzene rings is 1. The van der Waals surface area contributed by atoms with Gasteiger partial charge in [0.2, 0.25) is 0 Å². The molecule has 0 saturated carbocycles. The summed E-state index contributed by atoms with van der Waals surface area (Å²) in [5.41, 5.74) is 5.07. The van der Waals surface area contributed by atoms with Gasteiger partial charge in [-0.15, -0.1) is 0 Å². The molecule has 1 fully saturated rings. The highest BCUT2D eigenvalue weighted by atomic mass is 35.5. The number of hydrogen-bond donors (Lipinski definition) is 0. The van der Waals surface area contributed by atoms with Crippen LogP contribution in [0.15, 0.2) is 24.3 Å². The van der Waals surface area contributed by atoms with Gasteiger partial charge in [-0.05, 0) is 31.0 Å². The number of nitrogens with zero attached hydrogens (tertiary/aromatic N) is 3. The predicted molar refractivity (Wildman–Crippen MR) is 90.4 cm³/mol. The molecule has 3 heterocycles. The number of likely N-dealkylation sites (tertiary alicyclic amines) is 1. The molecule has 5 heteroatoms. The summed E-state index contributed by atoms with van der Waals surface area (Å²) in [6.07, 6.45) is 3.34. The van der Waals surface area contributed by atoms with E-state index in [-0.39, 0.29) is 0 Å². The van der Waals surface area contributed by atoms with Crippen LogP contribution >= 0.6 is 11.6 Å². The zero-order valence-electron chi connectivity index (χ0n) is 13.5. The summed E-state index contributed by atoms with van der Waals surface area (Å²) in [6, 6.07) is 8.51. The molecule has 1 aromatic carbocycles. The average molecular weight is 332 g/mol. The second-order valence-electron chi connectivity index (χ2n) is 6.46. The van der Waals surface area contributed by atoms with Crippen molar-refractivity contribution in [2.45, 2.75) is 38.5 Å². The molecule has 0 amide bonds. The highest BCUT2D eigenvalue weighted by Gasteiger charge is 2.32. The van der Waals surface area contributed by atoms with Crippen LogP contribution in [-0.4, -0.2) is 27.8 Å². The van der Waals surface area contributed by atoms with E-state index in [0.29, 0.717) is 12.6 Å². The van der Waals surface area contributed by atoms with Gasteiger partial charge < -0.3 is 4.74 Å². The molecule has 1 saturated heterocycles. The zero-order chi connectivity index (χ0) is 15.8. The van der Waals surface area contributed by atoms with E-state index in [9.17, 15) is 0 Å². The van der Waals surface area contributed by atoms with Crippen LogP contribution in [0.4, 0.5) is 0 Å². The third-order valence-corrected chi connectivity index (χ3v) is 5.41. The SMILES string of the molecule is Cn1nc(C2CCCN2Cc2ccccc2Cl)c2c1CCOC2. The first-order chi connectivity index (χ1) is 11.2. The molecule has 0 bridgehead atoms. The maximum absolute atomic E-state index is 6.35. The minimum absolute atomic E-state index is 0.378. The number of aryl methyl sites for hydroxylation is 1. The lowest BCUT2D eigenvalue weighted by molar-refractivity contribution is 0.107. The Morgan fingerprint density at radius 3 is 3.09 bits per heavy atom. The molecule has 1 atom stereocenters. The number of hydrogen-bond acceptors (Lipinski definition) is 3. The van der Waals surface area contributed by atoms with E-state index in [1.54, 1.807) is 0 Å². The molecule has 2 aliphatic rings. The molecule has 0 radical (unpaired) electrons. The Bertz CT molecular complexity index is 712. The van der Waals surface area contributed by atoms with Crippen LogP contribution < -0.4 is 0 Å². The van der Waals surface area contributed by atoms with E-state index < -0.39 is 0 Å². The van der Waals surface area contributed by atoms with Crippen LogP contribution in [0.2, 0.25) is 5.02 Å². The van der Waals surface area contributed by atoms with Gasteiger partial charge in [0.1, 0.15) is 0 Å². The predicted octanol–water partition coefficient (Wildman–Crippen LogP) is 3.48. The average Bonchev–Trinajstić information content (AvgIpc) is 3.15. The van der Waals surface area contributed by atoms with Gasteiger partial charge in [0.15, 0.2) is 0 Å². The van der Waals surface area contributed by atoms with E-state index in [1.807, 2.05) is 12.1 Å². The van der Waals surface area contributed by atoms with Gasteiger partial charge >= 0.3 is 0 Å². The van der Waals surface area contributed by atoms with Crippen LogP contribution in [-0.2, 0) is 31.4 Å². The van der Waals surface area contributed by atoms with E-state index >= 15 is 0 Å². The normalized spacial score (nSPS) is 21.6. The van der Waals surface area contributed by atoms with Crippen molar-refractivity contribution in [2.24, 2.45) is 7.05 Å². The quantitative estimate of drug-likeness (QED) is 0.862. The van der Waals surface area contributed by atoms with Gasteiger partial charge in [-0.2, -0.15) is 5.10 Å².